The zero-order valence-corrected chi connectivity index (χ0v) is 13.1. The molecule has 8 heteroatoms. The van der Waals surface area contributed by atoms with Gasteiger partial charge in [0.05, 0.1) is 16.9 Å². The highest BCUT2D eigenvalue weighted by atomic mass is 127. The summed E-state index contributed by atoms with van der Waals surface area (Å²) in [5, 5.41) is 3.00. The number of alkyl carbamates (subject to hydrolysis) is 1. The summed E-state index contributed by atoms with van der Waals surface area (Å²) in [6.45, 7) is 1.26. The fourth-order valence-corrected chi connectivity index (χ4v) is 2.51. The predicted molar refractivity (Wildman–Crippen MR) is 80.3 cm³/mol. The molecule has 2 aromatic rings. The van der Waals surface area contributed by atoms with Crippen LogP contribution in [0.25, 0.3) is 11.2 Å². The van der Waals surface area contributed by atoms with E-state index in [1.54, 1.807) is 0 Å². The summed E-state index contributed by atoms with van der Waals surface area (Å²) in [4.78, 5) is 19.4. The van der Waals surface area contributed by atoms with Crippen LogP contribution < -0.4 is 5.32 Å². The molecule has 0 fully saturated rings. The molecule has 0 spiro atoms. The average molecular weight is 395 g/mol. The molecule has 0 radical (unpaired) electrons. The fraction of sp³-hybridized carbons (Fsp3) is 0.364. The maximum absolute atomic E-state index is 10.9. The molecule has 2 aromatic heterocycles. The van der Waals surface area contributed by atoms with E-state index in [1.165, 1.54) is 13.3 Å². The number of hydrogen-bond donors (Lipinski definition) is 1. The van der Waals surface area contributed by atoms with E-state index in [0.29, 0.717) is 11.7 Å². The number of carbonyl (C=O) groups excluding carboxylic acids is 1. The van der Waals surface area contributed by atoms with Gasteiger partial charge in [-0.2, -0.15) is 0 Å². The maximum Gasteiger partial charge on any atom is 0.406 e. The van der Waals surface area contributed by atoms with Crippen molar-refractivity contribution in [3.05, 3.63) is 21.1 Å². The topological polar surface area (TPSA) is 69.0 Å². The van der Waals surface area contributed by atoms with Crippen molar-refractivity contribution in [2.45, 2.75) is 13.0 Å². The van der Waals surface area contributed by atoms with E-state index in [4.69, 9.17) is 11.6 Å². The van der Waals surface area contributed by atoms with Gasteiger partial charge >= 0.3 is 6.09 Å². The number of fused-ring (bicyclic) bond motifs is 1. The van der Waals surface area contributed by atoms with Crippen molar-refractivity contribution in [2.75, 3.05) is 13.7 Å². The van der Waals surface area contributed by atoms with Gasteiger partial charge < -0.3 is 14.6 Å². The lowest BCUT2D eigenvalue weighted by atomic mass is 10.4. The third-order valence-corrected chi connectivity index (χ3v) is 3.49. The van der Waals surface area contributed by atoms with Gasteiger partial charge in [-0.3, -0.25) is 0 Å². The van der Waals surface area contributed by atoms with Crippen LogP contribution in [0.1, 0.15) is 6.42 Å². The number of carbonyl (C=O) groups is 1. The Hall–Kier alpha value is -1.09. The van der Waals surface area contributed by atoms with Crippen LogP contribution in [0.2, 0.25) is 5.15 Å². The lowest BCUT2D eigenvalue weighted by molar-refractivity contribution is 0.171. The second kappa shape index (κ2) is 6.38. The Morgan fingerprint density at radius 3 is 3.16 bits per heavy atom. The van der Waals surface area contributed by atoms with Crippen molar-refractivity contribution in [1.82, 2.24) is 19.9 Å². The highest BCUT2D eigenvalue weighted by Crippen LogP contribution is 2.21. The molecule has 0 saturated heterocycles. The third kappa shape index (κ3) is 3.47. The van der Waals surface area contributed by atoms with Gasteiger partial charge in [-0.05, 0) is 29.0 Å². The lowest BCUT2D eigenvalue weighted by Gasteiger charge is -2.05. The lowest BCUT2D eigenvalue weighted by Crippen LogP contribution is -2.24. The quantitative estimate of drug-likeness (QED) is 0.639. The summed E-state index contributed by atoms with van der Waals surface area (Å²) in [6, 6.07) is 0. The van der Waals surface area contributed by atoms with Gasteiger partial charge in [0, 0.05) is 19.3 Å². The number of halogens is 2. The Balaban J connectivity index is 2.04. The van der Waals surface area contributed by atoms with Crippen molar-refractivity contribution < 1.29 is 9.53 Å². The number of methoxy groups -OCH3 is 1. The first kappa shape index (κ1) is 14.3. The van der Waals surface area contributed by atoms with Crippen LogP contribution in [0.15, 0.2) is 12.4 Å². The van der Waals surface area contributed by atoms with Gasteiger partial charge in [-0.15, -0.1) is 0 Å². The van der Waals surface area contributed by atoms with Crippen LogP contribution in [-0.2, 0) is 11.3 Å². The zero-order valence-electron chi connectivity index (χ0n) is 10.2. The summed E-state index contributed by atoms with van der Waals surface area (Å²) in [6.07, 6.45) is 3.85. The smallest absolute Gasteiger partial charge is 0.406 e. The molecule has 19 heavy (non-hydrogen) atoms. The molecule has 1 N–H and O–H groups in total. The van der Waals surface area contributed by atoms with Gasteiger partial charge in [-0.25, -0.2) is 14.8 Å². The predicted octanol–water partition coefficient (Wildman–Crippen LogP) is 2.44. The van der Waals surface area contributed by atoms with Gasteiger partial charge in [0.2, 0.25) is 0 Å². The first-order valence-electron chi connectivity index (χ1n) is 5.60. The molecular weight excluding hydrogens is 383 g/mol. The number of amides is 1. The molecule has 0 bridgehead atoms. The average Bonchev–Trinajstić information content (AvgIpc) is 2.70. The van der Waals surface area contributed by atoms with Gasteiger partial charge in [0.1, 0.15) is 10.7 Å². The Kier molecular flexibility index (Phi) is 4.81. The number of aromatic nitrogens is 3. The van der Waals surface area contributed by atoms with Crippen molar-refractivity contribution in [1.29, 1.82) is 0 Å². The molecule has 2 rings (SSSR count). The summed E-state index contributed by atoms with van der Waals surface area (Å²) in [7, 11) is 1.34. The van der Waals surface area contributed by atoms with Crippen LogP contribution in [0.4, 0.5) is 4.79 Å². The molecule has 1 amide bonds. The van der Waals surface area contributed by atoms with E-state index in [1.807, 2.05) is 10.8 Å². The summed E-state index contributed by atoms with van der Waals surface area (Å²) >= 11 is 8.07. The van der Waals surface area contributed by atoms with Crippen molar-refractivity contribution >= 4 is 51.4 Å². The minimum atomic E-state index is -0.421. The highest BCUT2D eigenvalue weighted by molar-refractivity contribution is 14.1. The Morgan fingerprint density at radius 1 is 1.63 bits per heavy atom. The molecule has 2 heterocycles. The molecule has 6 nitrogen and oxygen atoms in total. The minimum Gasteiger partial charge on any atom is -0.453 e. The normalized spacial score (nSPS) is 10.7. The molecule has 0 aromatic carbocycles. The van der Waals surface area contributed by atoms with Crippen LogP contribution in [0.5, 0.6) is 0 Å². The molecular formula is C11H12ClIN4O2. The van der Waals surface area contributed by atoms with E-state index in [0.717, 1.165) is 27.7 Å². The Bertz CT molecular complexity index is 602. The molecule has 102 valence electrons. The van der Waals surface area contributed by atoms with E-state index in [-0.39, 0.29) is 0 Å². The number of aryl methyl sites for hydroxylation is 1. The van der Waals surface area contributed by atoms with Crippen molar-refractivity contribution in [3.63, 3.8) is 0 Å². The fourth-order valence-electron chi connectivity index (χ4n) is 1.67. The second-order valence-electron chi connectivity index (χ2n) is 3.81. The van der Waals surface area contributed by atoms with Crippen LogP contribution in [-0.4, -0.2) is 34.3 Å². The van der Waals surface area contributed by atoms with E-state index >= 15 is 0 Å². The standard InChI is InChI=1S/C11H12ClIN4O2/c1-19-11(18)14-3-2-4-17-6-7(13)9-10(17)16-8(12)5-15-9/h5-6H,2-4H2,1H3,(H,14,18). The van der Waals surface area contributed by atoms with E-state index in [9.17, 15) is 4.79 Å². The molecule has 0 unspecified atom stereocenters. The highest BCUT2D eigenvalue weighted by Gasteiger charge is 2.09. The maximum atomic E-state index is 10.9. The zero-order chi connectivity index (χ0) is 13.8. The van der Waals surface area contributed by atoms with Crippen molar-refractivity contribution in [3.8, 4) is 0 Å². The number of nitrogens with one attached hydrogen (secondary N) is 1. The Morgan fingerprint density at radius 2 is 2.42 bits per heavy atom. The van der Waals surface area contributed by atoms with Crippen LogP contribution in [0, 0.1) is 3.57 Å². The monoisotopic (exact) mass is 394 g/mol. The SMILES string of the molecule is COC(=O)NCCCn1cc(I)c2ncc(Cl)nc21. The number of nitrogens with zero attached hydrogens (tertiary/aromatic N) is 3. The number of rotatable bonds is 4. The summed E-state index contributed by atoms with van der Waals surface area (Å²) < 4.78 is 7.50. The molecule has 0 aliphatic carbocycles. The van der Waals surface area contributed by atoms with Gasteiger partial charge in [-0.1, -0.05) is 11.6 Å². The second-order valence-corrected chi connectivity index (χ2v) is 5.36. The number of ether oxygens (including phenoxy) is 1. The molecule has 0 aliphatic rings. The van der Waals surface area contributed by atoms with E-state index in [2.05, 4.69) is 42.6 Å². The van der Waals surface area contributed by atoms with Crippen LogP contribution >= 0.6 is 34.2 Å². The van der Waals surface area contributed by atoms with Crippen molar-refractivity contribution in [2.24, 2.45) is 0 Å². The first-order chi connectivity index (χ1) is 9.11. The van der Waals surface area contributed by atoms with E-state index < -0.39 is 6.09 Å². The van der Waals surface area contributed by atoms with Crippen LogP contribution in [0.3, 0.4) is 0 Å². The molecule has 0 atom stereocenters. The summed E-state index contributed by atoms with van der Waals surface area (Å²) in [5.41, 5.74) is 1.60. The molecule has 0 saturated carbocycles. The summed E-state index contributed by atoms with van der Waals surface area (Å²) in [5.74, 6) is 0. The minimum absolute atomic E-state index is 0.371. The van der Waals surface area contributed by atoms with Gasteiger partial charge in [0.25, 0.3) is 0 Å². The first-order valence-corrected chi connectivity index (χ1v) is 7.06. The third-order valence-electron chi connectivity index (χ3n) is 2.52. The molecule has 0 aliphatic heterocycles. The number of hydrogen-bond acceptors (Lipinski definition) is 4. The Labute approximate surface area is 128 Å². The largest absolute Gasteiger partial charge is 0.453 e. The van der Waals surface area contributed by atoms with Gasteiger partial charge in [0.15, 0.2) is 5.65 Å².